The molecule has 0 aliphatic carbocycles. The molecule has 0 radical (unpaired) electrons. The Morgan fingerprint density at radius 1 is 1.15 bits per heavy atom. The zero-order valence-corrected chi connectivity index (χ0v) is 19.5. The molecule has 1 atom stereocenters. The Hall–Kier alpha value is -2.82. The molecule has 0 bridgehead atoms. The van der Waals surface area contributed by atoms with E-state index in [0.29, 0.717) is 43.6 Å². The number of nitrogens with zero attached hydrogens (tertiary/aromatic N) is 2. The molecule has 0 N–H and O–H groups in total. The van der Waals surface area contributed by atoms with Gasteiger partial charge in [0.1, 0.15) is 12.4 Å². The van der Waals surface area contributed by atoms with Crippen molar-refractivity contribution in [1.82, 2.24) is 9.21 Å². The number of benzene rings is 2. The highest BCUT2D eigenvalue weighted by Gasteiger charge is 2.30. The number of amides is 1. The van der Waals surface area contributed by atoms with E-state index in [9.17, 15) is 13.2 Å². The van der Waals surface area contributed by atoms with Crippen molar-refractivity contribution < 1.29 is 32.2 Å². The van der Waals surface area contributed by atoms with E-state index in [4.69, 9.17) is 18.9 Å². The van der Waals surface area contributed by atoms with Gasteiger partial charge in [-0.2, -0.15) is 4.31 Å². The van der Waals surface area contributed by atoms with Crippen molar-refractivity contribution in [3.63, 3.8) is 0 Å². The molecule has 1 fully saturated rings. The second-order valence-corrected chi connectivity index (χ2v) is 9.66. The van der Waals surface area contributed by atoms with Crippen LogP contribution < -0.4 is 14.2 Å². The topological polar surface area (TPSA) is 94.6 Å². The highest BCUT2D eigenvalue weighted by molar-refractivity contribution is 7.89. The Morgan fingerprint density at radius 2 is 1.88 bits per heavy atom. The molecule has 1 amide bonds. The van der Waals surface area contributed by atoms with Crippen molar-refractivity contribution in [2.45, 2.75) is 17.9 Å². The van der Waals surface area contributed by atoms with Crippen LogP contribution in [0, 0.1) is 0 Å². The molecule has 9 nitrogen and oxygen atoms in total. The smallest absolute Gasteiger partial charge is 0.257 e. The molecule has 2 heterocycles. The first-order valence-electron chi connectivity index (χ1n) is 10.9. The molecule has 2 aliphatic rings. The lowest BCUT2D eigenvalue weighted by Gasteiger charge is -2.31. The van der Waals surface area contributed by atoms with Gasteiger partial charge in [-0.05, 0) is 37.3 Å². The lowest BCUT2D eigenvalue weighted by molar-refractivity contribution is 0.0472. The molecule has 0 aromatic heterocycles. The minimum atomic E-state index is -3.75. The quantitative estimate of drug-likeness (QED) is 0.603. The number of hydrogen-bond acceptors (Lipinski definition) is 7. The van der Waals surface area contributed by atoms with Gasteiger partial charge in [0, 0.05) is 19.6 Å². The van der Waals surface area contributed by atoms with Crippen LogP contribution >= 0.6 is 0 Å². The minimum Gasteiger partial charge on any atom is -0.496 e. The van der Waals surface area contributed by atoms with Crippen molar-refractivity contribution in [3.8, 4) is 17.2 Å². The van der Waals surface area contributed by atoms with Crippen molar-refractivity contribution in [2.75, 3.05) is 53.1 Å². The number of carbonyl (C=O) groups is 1. The molecular formula is C23H28N2O7S. The van der Waals surface area contributed by atoms with E-state index in [0.717, 1.165) is 0 Å². The first-order chi connectivity index (χ1) is 15.9. The molecule has 0 saturated carbocycles. The van der Waals surface area contributed by atoms with Gasteiger partial charge in [-0.1, -0.05) is 12.1 Å². The van der Waals surface area contributed by atoms with E-state index >= 15 is 0 Å². The van der Waals surface area contributed by atoms with Crippen LogP contribution in [0.2, 0.25) is 0 Å². The molecule has 1 unspecified atom stereocenters. The number of hydrogen-bond donors (Lipinski definition) is 0. The second kappa shape index (κ2) is 9.98. The fourth-order valence-corrected chi connectivity index (χ4v) is 5.31. The number of likely N-dealkylation sites (N-methyl/N-ethyl adjacent to an activating group) is 1. The Balaban J connectivity index is 1.56. The number of para-hydroxylation sites is 2. The third-order valence-electron chi connectivity index (χ3n) is 5.67. The van der Waals surface area contributed by atoms with Crippen LogP contribution in [-0.2, 0) is 14.8 Å². The van der Waals surface area contributed by atoms with Gasteiger partial charge in [0.2, 0.25) is 10.0 Å². The maximum Gasteiger partial charge on any atom is 0.257 e. The number of carbonyl (C=O) groups excluding carboxylic acids is 1. The fraction of sp³-hybridized carbons (Fsp3) is 0.435. The summed E-state index contributed by atoms with van der Waals surface area (Å²) in [6.07, 6.45) is -0.352. The van der Waals surface area contributed by atoms with Crippen LogP contribution in [0.25, 0.3) is 0 Å². The number of fused-ring (bicyclic) bond motifs is 1. The fourth-order valence-electron chi connectivity index (χ4n) is 3.88. The average Bonchev–Trinajstić information content (AvgIpc) is 2.86. The summed E-state index contributed by atoms with van der Waals surface area (Å²) in [6, 6.07) is 11.8. The second-order valence-electron chi connectivity index (χ2n) is 7.72. The van der Waals surface area contributed by atoms with E-state index < -0.39 is 10.0 Å². The van der Waals surface area contributed by atoms with Crippen LogP contribution in [0.15, 0.2) is 47.4 Å². The summed E-state index contributed by atoms with van der Waals surface area (Å²) in [5.74, 6) is 1.28. The monoisotopic (exact) mass is 476 g/mol. The normalized spacial score (nSPS) is 18.5. The van der Waals surface area contributed by atoms with E-state index in [1.165, 1.54) is 29.6 Å². The van der Waals surface area contributed by atoms with Gasteiger partial charge >= 0.3 is 0 Å². The summed E-state index contributed by atoms with van der Waals surface area (Å²) in [4.78, 5) is 15.1. The summed E-state index contributed by atoms with van der Waals surface area (Å²) < 4.78 is 50.0. The third-order valence-corrected chi connectivity index (χ3v) is 7.56. The van der Waals surface area contributed by atoms with Crippen LogP contribution in [0.1, 0.15) is 17.3 Å². The Bertz CT molecular complexity index is 1100. The van der Waals surface area contributed by atoms with Gasteiger partial charge in [0.15, 0.2) is 17.6 Å². The van der Waals surface area contributed by atoms with Gasteiger partial charge in [0.25, 0.3) is 5.91 Å². The molecule has 33 heavy (non-hydrogen) atoms. The maximum atomic E-state index is 13.5. The maximum absolute atomic E-state index is 13.5. The van der Waals surface area contributed by atoms with Gasteiger partial charge in [0.05, 0.1) is 37.3 Å². The van der Waals surface area contributed by atoms with Crippen LogP contribution in [0.5, 0.6) is 17.2 Å². The SMILES string of the molecule is CCN(CC1COc2ccccc2O1)C(=O)c1cc(S(=O)(=O)N2CCOCC2)ccc1OC. The highest BCUT2D eigenvalue weighted by Crippen LogP contribution is 2.31. The van der Waals surface area contributed by atoms with Crippen LogP contribution in [-0.4, -0.2) is 82.7 Å². The number of rotatable bonds is 7. The minimum absolute atomic E-state index is 0.0516. The van der Waals surface area contributed by atoms with E-state index in [1.54, 1.807) is 4.90 Å². The molecule has 0 spiro atoms. The number of morpholine rings is 1. The molecule has 178 valence electrons. The number of ether oxygens (including phenoxy) is 4. The van der Waals surface area contributed by atoms with Crippen molar-refractivity contribution in [1.29, 1.82) is 0 Å². The first kappa shape index (κ1) is 23.3. The molecule has 4 rings (SSSR count). The predicted octanol–water partition coefficient (Wildman–Crippen LogP) is 2.02. The number of sulfonamides is 1. The lowest BCUT2D eigenvalue weighted by atomic mass is 10.1. The van der Waals surface area contributed by atoms with Gasteiger partial charge in [-0.3, -0.25) is 4.79 Å². The summed E-state index contributed by atoms with van der Waals surface area (Å²) in [6.45, 7) is 4.10. The number of methoxy groups -OCH3 is 1. The lowest BCUT2D eigenvalue weighted by Crippen LogP contribution is -2.43. The summed E-state index contributed by atoms with van der Waals surface area (Å²) in [7, 11) is -2.30. The van der Waals surface area contributed by atoms with Crippen molar-refractivity contribution in [2.24, 2.45) is 0 Å². The molecular weight excluding hydrogens is 448 g/mol. The van der Waals surface area contributed by atoms with Crippen molar-refractivity contribution in [3.05, 3.63) is 48.0 Å². The third kappa shape index (κ3) is 4.92. The molecule has 2 aromatic carbocycles. The summed E-state index contributed by atoms with van der Waals surface area (Å²) in [5, 5.41) is 0. The molecule has 2 aliphatic heterocycles. The van der Waals surface area contributed by atoms with Gasteiger partial charge in [-0.15, -0.1) is 0 Å². The summed E-state index contributed by atoms with van der Waals surface area (Å²) >= 11 is 0. The Kier molecular flexibility index (Phi) is 7.06. The van der Waals surface area contributed by atoms with E-state index in [2.05, 4.69) is 0 Å². The predicted molar refractivity (Wildman–Crippen MR) is 121 cm³/mol. The van der Waals surface area contributed by atoms with Gasteiger partial charge < -0.3 is 23.8 Å². The van der Waals surface area contributed by atoms with Crippen LogP contribution in [0.3, 0.4) is 0 Å². The van der Waals surface area contributed by atoms with E-state index in [1.807, 2.05) is 31.2 Å². The standard InChI is InChI=1S/C23H28N2O7S/c1-3-24(15-17-16-31-21-6-4-5-7-22(21)32-17)23(26)19-14-18(8-9-20(19)29-2)33(27,28)25-10-12-30-13-11-25/h4-9,14,17H,3,10-13,15-16H2,1-2H3. The van der Waals surface area contributed by atoms with Crippen LogP contribution in [0.4, 0.5) is 0 Å². The average molecular weight is 477 g/mol. The molecule has 2 aromatic rings. The molecule has 1 saturated heterocycles. The molecule has 10 heteroatoms. The Labute approximate surface area is 193 Å². The first-order valence-corrected chi connectivity index (χ1v) is 12.3. The van der Waals surface area contributed by atoms with Gasteiger partial charge in [-0.25, -0.2) is 8.42 Å². The Morgan fingerprint density at radius 3 is 2.58 bits per heavy atom. The summed E-state index contributed by atoms with van der Waals surface area (Å²) in [5.41, 5.74) is 0.186. The largest absolute Gasteiger partial charge is 0.496 e. The van der Waals surface area contributed by atoms with E-state index in [-0.39, 0.29) is 42.1 Å². The zero-order valence-electron chi connectivity index (χ0n) is 18.7. The van der Waals surface area contributed by atoms with Crippen molar-refractivity contribution >= 4 is 15.9 Å². The zero-order chi connectivity index (χ0) is 23.4. The highest BCUT2D eigenvalue weighted by atomic mass is 32.2.